The van der Waals surface area contributed by atoms with Gasteiger partial charge in [-0.15, -0.1) is 0 Å². The van der Waals surface area contributed by atoms with Gasteiger partial charge in [-0.25, -0.2) is 9.59 Å². The number of esters is 1. The van der Waals surface area contributed by atoms with Crippen LogP contribution in [0.2, 0.25) is 0 Å². The normalized spacial score (nSPS) is 18.7. The Kier molecular flexibility index (Phi) is 23.1. The molecule has 1 heterocycles. The van der Waals surface area contributed by atoms with Crippen LogP contribution < -0.4 is 16.0 Å². The van der Waals surface area contributed by atoms with Gasteiger partial charge in [0, 0.05) is 46.5 Å². The molecule has 386 valence electrons. The van der Waals surface area contributed by atoms with Gasteiger partial charge in [-0.05, 0) is 82.0 Å². The quantitative estimate of drug-likeness (QED) is 0.100. The molecule has 0 bridgehead atoms. The van der Waals surface area contributed by atoms with Crippen molar-refractivity contribution in [2.75, 3.05) is 48.5 Å². The van der Waals surface area contributed by atoms with Crippen molar-refractivity contribution in [1.29, 1.82) is 0 Å². The van der Waals surface area contributed by atoms with Crippen molar-refractivity contribution in [2.45, 2.75) is 156 Å². The van der Waals surface area contributed by atoms with Crippen LogP contribution in [0, 0.1) is 23.7 Å². The molecular formula is C53H84N6O10. The predicted molar refractivity (Wildman–Crippen MR) is 268 cm³/mol. The standard InChI is InChI=1S/C53H84N6O10/c1-16-35(6)46(42(66-13)31-43(60)59-28-22-27-41(59)47(67-14)36(7)48(61)55-40(51(64)68-15)30-37-23-18-17-19-24-37)58(12)50(63)44(33(2)3)56-49(62)45(34(4)5)57(11)32-38-25-20-21-26-39(29-38)54-52(65)69-53(8,9)10/h17-20,23-26,29,33-36,40-42,44-47H,16,21-22,27-28,30-32H2,1-15H3,(H,54,65)(H,55,61)(H,56,62)/t35?,36?,40?,41?,42?,44-,45?,46?,47?/m0/s1. The van der Waals surface area contributed by atoms with Crippen LogP contribution in [-0.4, -0.2) is 147 Å². The lowest BCUT2D eigenvalue weighted by Gasteiger charge is -2.41. The van der Waals surface area contributed by atoms with Gasteiger partial charge in [0.1, 0.15) is 17.7 Å². The van der Waals surface area contributed by atoms with Crippen molar-refractivity contribution in [3.63, 3.8) is 0 Å². The number of likely N-dealkylation sites (N-methyl/N-ethyl adjacent to an activating group) is 2. The zero-order valence-electron chi connectivity index (χ0n) is 44.1. The van der Waals surface area contributed by atoms with E-state index in [0.717, 1.165) is 11.1 Å². The van der Waals surface area contributed by atoms with Gasteiger partial charge in [0.2, 0.25) is 23.6 Å². The molecule has 0 radical (unpaired) electrons. The first-order chi connectivity index (χ1) is 32.5. The van der Waals surface area contributed by atoms with Gasteiger partial charge in [0.15, 0.2) is 0 Å². The van der Waals surface area contributed by atoms with Crippen molar-refractivity contribution in [3.8, 4) is 0 Å². The minimum Gasteiger partial charge on any atom is -0.467 e. The Labute approximate surface area is 412 Å². The van der Waals surface area contributed by atoms with Crippen molar-refractivity contribution in [3.05, 3.63) is 71.5 Å². The van der Waals surface area contributed by atoms with E-state index in [-0.39, 0.29) is 48.3 Å². The topological polar surface area (TPSA) is 185 Å². The SMILES string of the molecule is CCC(C)C(C(CC(=O)N1CCCC1C(OC)C(C)C(=O)NC(Cc1ccccc1)C(=O)OC)OC)N(C)C(=O)[C@@H](NC(=O)C(C(C)C)N(C)CC1=CC(NC(=O)OC(C)(C)C)=CCC=C1)C(C)C. The summed E-state index contributed by atoms with van der Waals surface area (Å²) in [5, 5.41) is 8.81. The minimum atomic E-state index is -0.914. The van der Waals surface area contributed by atoms with E-state index in [1.807, 2.05) is 108 Å². The summed E-state index contributed by atoms with van der Waals surface area (Å²) in [5.74, 6) is -2.97. The lowest BCUT2D eigenvalue weighted by atomic mass is 9.89. The number of carbonyl (C=O) groups excluding carboxylic acids is 6. The largest absolute Gasteiger partial charge is 0.467 e. The second kappa shape index (κ2) is 27.4. The summed E-state index contributed by atoms with van der Waals surface area (Å²) in [5.41, 5.74) is 1.69. The maximum absolute atomic E-state index is 14.7. The molecule has 8 unspecified atom stereocenters. The fourth-order valence-corrected chi connectivity index (χ4v) is 9.49. The Morgan fingerprint density at radius 2 is 1.55 bits per heavy atom. The molecule has 1 aromatic carbocycles. The number of rotatable bonds is 24. The number of methoxy groups -OCH3 is 3. The molecule has 1 fully saturated rings. The molecule has 3 N–H and O–H groups in total. The molecule has 16 nitrogen and oxygen atoms in total. The molecule has 3 rings (SSSR count). The van der Waals surface area contributed by atoms with Gasteiger partial charge in [-0.2, -0.15) is 0 Å². The zero-order chi connectivity index (χ0) is 51.7. The highest BCUT2D eigenvalue weighted by Crippen LogP contribution is 2.30. The highest BCUT2D eigenvalue weighted by Gasteiger charge is 2.44. The number of hydrogen-bond donors (Lipinski definition) is 3. The molecule has 16 heteroatoms. The fraction of sp³-hybridized carbons (Fsp3) is 0.660. The number of amides is 5. The third-order valence-corrected chi connectivity index (χ3v) is 13.2. The monoisotopic (exact) mass is 965 g/mol. The maximum atomic E-state index is 14.7. The van der Waals surface area contributed by atoms with Gasteiger partial charge >= 0.3 is 12.1 Å². The molecule has 69 heavy (non-hydrogen) atoms. The molecular weight excluding hydrogens is 881 g/mol. The van der Waals surface area contributed by atoms with Crippen molar-refractivity contribution < 1.29 is 47.7 Å². The van der Waals surface area contributed by atoms with E-state index >= 15 is 0 Å². The van der Waals surface area contributed by atoms with Gasteiger partial charge in [-0.3, -0.25) is 29.4 Å². The van der Waals surface area contributed by atoms with Crippen LogP contribution in [0.1, 0.15) is 107 Å². The van der Waals surface area contributed by atoms with Crippen LogP contribution in [0.5, 0.6) is 0 Å². The first kappa shape index (κ1) is 58.3. The number of nitrogens with one attached hydrogen (secondary N) is 3. The number of hydrogen-bond acceptors (Lipinski definition) is 11. The Balaban J connectivity index is 1.79. The van der Waals surface area contributed by atoms with Gasteiger partial charge in [-0.1, -0.05) is 103 Å². The molecule has 0 aromatic heterocycles. The summed E-state index contributed by atoms with van der Waals surface area (Å²) < 4.78 is 22.6. The Morgan fingerprint density at radius 1 is 0.884 bits per heavy atom. The van der Waals surface area contributed by atoms with E-state index < -0.39 is 71.9 Å². The lowest BCUT2D eigenvalue weighted by Crippen LogP contribution is -2.60. The number of benzene rings is 1. The Hall–Kier alpha value is -5.06. The van der Waals surface area contributed by atoms with E-state index in [1.54, 1.807) is 51.7 Å². The van der Waals surface area contributed by atoms with Crippen LogP contribution in [0.25, 0.3) is 0 Å². The van der Waals surface area contributed by atoms with E-state index in [4.69, 9.17) is 18.9 Å². The minimum absolute atomic E-state index is 0.0362. The third kappa shape index (κ3) is 17.1. The van der Waals surface area contributed by atoms with E-state index in [2.05, 4.69) is 16.0 Å². The molecule has 1 saturated heterocycles. The number of carbonyl (C=O) groups is 6. The smallest absolute Gasteiger partial charge is 0.412 e. The third-order valence-electron chi connectivity index (χ3n) is 13.2. The van der Waals surface area contributed by atoms with Crippen LogP contribution in [0.15, 0.2) is 65.9 Å². The summed E-state index contributed by atoms with van der Waals surface area (Å²) in [6.07, 6.45) is 8.62. The van der Waals surface area contributed by atoms with E-state index in [9.17, 15) is 28.8 Å². The highest BCUT2D eigenvalue weighted by atomic mass is 16.6. The molecule has 0 spiro atoms. The number of alkyl carbamates (subject to hydrolysis) is 1. The van der Waals surface area contributed by atoms with Gasteiger partial charge < -0.3 is 39.4 Å². The molecule has 1 aliphatic heterocycles. The van der Waals surface area contributed by atoms with Gasteiger partial charge in [0.25, 0.3) is 0 Å². The summed E-state index contributed by atoms with van der Waals surface area (Å²) in [6, 6.07) is 5.99. The van der Waals surface area contributed by atoms with E-state index in [0.29, 0.717) is 44.5 Å². The van der Waals surface area contributed by atoms with Crippen molar-refractivity contribution >= 4 is 35.7 Å². The second-order valence-electron chi connectivity index (χ2n) is 20.3. The van der Waals surface area contributed by atoms with Crippen LogP contribution in [-0.2, 0) is 49.3 Å². The first-order valence-corrected chi connectivity index (χ1v) is 24.6. The Bertz CT molecular complexity index is 1960. The molecule has 0 saturated carbocycles. The van der Waals surface area contributed by atoms with Crippen LogP contribution in [0.3, 0.4) is 0 Å². The lowest BCUT2D eigenvalue weighted by molar-refractivity contribution is -0.149. The van der Waals surface area contributed by atoms with Crippen LogP contribution >= 0.6 is 0 Å². The number of ether oxygens (including phenoxy) is 4. The highest BCUT2D eigenvalue weighted by molar-refractivity contribution is 5.90. The van der Waals surface area contributed by atoms with E-state index in [1.165, 1.54) is 14.2 Å². The molecule has 9 atom stereocenters. The average molecular weight is 965 g/mol. The summed E-state index contributed by atoms with van der Waals surface area (Å²) in [6.45, 7) is 19.8. The number of nitrogens with zero attached hydrogens (tertiary/aromatic N) is 3. The molecule has 1 aromatic rings. The average Bonchev–Trinajstić information content (AvgIpc) is 3.67. The maximum Gasteiger partial charge on any atom is 0.412 e. The predicted octanol–water partition coefficient (Wildman–Crippen LogP) is 6.20. The fourth-order valence-electron chi connectivity index (χ4n) is 9.49. The number of allylic oxidation sites excluding steroid dienone is 3. The number of likely N-dealkylation sites (tertiary alicyclic amines) is 1. The zero-order valence-corrected chi connectivity index (χ0v) is 44.1. The molecule has 2 aliphatic rings. The van der Waals surface area contributed by atoms with Crippen molar-refractivity contribution in [2.24, 2.45) is 23.7 Å². The summed E-state index contributed by atoms with van der Waals surface area (Å²) >= 11 is 0. The van der Waals surface area contributed by atoms with Crippen molar-refractivity contribution in [1.82, 2.24) is 30.7 Å². The summed E-state index contributed by atoms with van der Waals surface area (Å²) in [4.78, 5) is 88.0. The molecule has 5 amide bonds. The summed E-state index contributed by atoms with van der Waals surface area (Å²) in [7, 11) is 7.93. The van der Waals surface area contributed by atoms with Gasteiger partial charge in [0.05, 0.1) is 49.8 Å². The second-order valence-corrected chi connectivity index (χ2v) is 20.3. The van der Waals surface area contributed by atoms with Crippen LogP contribution in [0.4, 0.5) is 4.79 Å². The molecule has 1 aliphatic carbocycles. The first-order valence-electron chi connectivity index (χ1n) is 24.6. The Morgan fingerprint density at radius 3 is 2.12 bits per heavy atom.